The van der Waals surface area contributed by atoms with Gasteiger partial charge in [-0.05, 0) is 103 Å². The predicted molar refractivity (Wildman–Crippen MR) is 106 cm³/mol. The minimum Gasteiger partial charge on any atom is -0.506 e. The molecule has 0 saturated heterocycles. The van der Waals surface area contributed by atoms with Crippen molar-refractivity contribution in [1.82, 2.24) is 5.32 Å². The number of carbonyl (C=O) groups is 1. The molecule has 0 saturated carbocycles. The Hall–Kier alpha value is -0.710. The van der Waals surface area contributed by atoms with E-state index in [1.54, 1.807) is 24.3 Å². The number of phenolic OH excluding ortho intramolecular Hbond substituents is 1. The van der Waals surface area contributed by atoms with E-state index in [9.17, 15) is 9.90 Å². The molecule has 0 bridgehead atoms. The van der Waals surface area contributed by atoms with E-state index in [-0.39, 0.29) is 16.8 Å². The Morgan fingerprint density at radius 2 is 1.68 bits per heavy atom. The molecule has 0 aromatic heterocycles. The summed E-state index contributed by atoms with van der Waals surface area (Å²) in [6, 6.07) is 10.5. The summed E-state index contributed by atoms with van der Waals surface area (Å²) >= 11 is 13.7. The fourth-order valence-corrected chi connectivity index (χ4v) is 3.33. The third kappa shape index (κ3) is 4.64. The standard InChI is InChI=1S/C14H9Br2IN2O2S/c15-10-5-9(6-11(16)12(10)20)18-14(22)19-13(21)7-1-3-8(17)4-2-7/h1-6,20H,(H2,18,19,21,22). The minimum absolute atomic E-state index is 0.0967. The molecule has 0 atom stereocenters. The van der Waals surface area contributed by atoms with Gasteiger partial charge >= 0.3 is 0 Å². The highest BCUT2D eigenvalue weighted by atomic mass is 127. The van der Waals surface area contributed by atoms with Crippen LogP contribution in [0.2, 0.25) is 0 Å². The van der Waals surface area contributed by atoms with Crippen LogP contribution in [0.5, 0.6) is 5.75 Å². The Bertz CT molecular complexity index is 715. The van der Waals surface area contributed by atoms with Gasteiger partial charge in [-0.1, -0.05) is 0 Å². The number of hydrogen-bond acceptors (Lipinski definition) is 3. The average Bonchev–Trinajstić information content (AvgIpc) is 2.45. The lowest BCUT2D eigenvalue weighted by atomic mass is 10.2. The van der Waals surface area contributed by atoms with E-state index >= 15 is 0 Å². The van der Waals surface area contributed by atoms with Gasteiger partial charge in [0.2, 0.25) is 0 Å². The van der Waals surface area contributed by atoms with E-state index in [4.69, 9.17) is 12.2 Å². The summed E-state index contributed by atoms with van der Waals surface area (Å²) < 4.78 is 2.07. The Morgan fingerprint density at radius 1 is 1.14 bits per heavy atom. The van der Waals surface area contributed by atoms with Gasteiger partial charge in [-0.25, -0.2) is 0 Å². The zero-order valence-corrected chi connectivity index (χ0v) is 17.0. The van der Waals surface area contributed by atoms with Crippen LogP contribution >= 0.6 is 66.7 Å². The molecule has 22 heavy (non-hydrogen) atoms. The van der Waals surface area contributed by atoms with E-state index in [1.807, 2.05) is 12.1 Å². The van der Waals surface area contributed by atoms with Crippen molar-refractivity contribution in [2.45, 2.75) is 0 Å². The molecule has 114 valence electrons. The Labute approximate surface area is 163 Å². The van der Waals surface area contributed by atoms with Crippen LogP contribution in [0.25, 0.3) is 0 Å². The summed E-state index contributed by atoms with van der Waals surface area (Å²) in [5.74, 6) is -0.190. The fraction of sp³-hybridized carbons (Fsp3) is 0. The number of amides is 1. The van der Waals surface area contributed by atoms with E-state index in [2.05, 4.69) is 65.1 Å². The summed E-state index contributed by atoms with van der Waals surface area (Å²) in [6.07, 6.45) is 0. The molecule has 0 heterocycles. The van der Waals surface area contributed by atoms with Gasteiger partial charge in [0, 0.05) is 14.8 Å². The maximum Gasteiger partial charge on any atom is 0.257 e. The molecule has 0 aliphatic carbocycles. The second-order valence-electron chi connectivity index (χ2n) is 4.20. The number of carbonyl (C=O) groups excluding carboxylic acids is 1. The van der Waals surface area contributed by atoms with Crippen LogP contribution in [0.4, 0.5) is 5.69 Å². The quantitative estimate of drug-likeness (QED) is 0.287. The third-order valence-electron chi connectivity index (χ3n) is 2.61. The number of benzene rings is 2. The van der Waals surface area contributed by atoms with Crippen molar-refractivity contribution < 1.29 is 9.90 Å². The average molecular weight is 556 g/mol. The van der Waals surface area contributed by atoms with Crippen LogP contribution < -0.4 is 10.6 Å². The normalized spacial score (nSPS) is 10.1. The molecule has 1 amide bonds. The second kappa shape index (κ2) is 7.71. The molecule has 2 rings (SSSR count). The van der Waals surface area contributed by atoms with Crippen molar-refractivity contribution in [2.24, 2.45) is 0 Å². The van der Waals surface area contributed by atoms with Crippen LogP contribution in [-0.4, -0.2) is 16.1 Å². The Balaban J connectivity index is 2.04. The maximum atomic E-state index is 12.0. The van der Waals surface area contributed by atoms with Crippen molar-refractivity contribution in [3.63, 3.8) is 0 Å². The highest BCUT2D eigenvalue weighted by Crippen LogP contribution is 2.35. The molecule has 0 fully saturated rings. The van der Waals surface area contributed by atoms with Gasteiger partial charge in [-0.3, -0.25) is 10.1 Å². The monoisotopic (exact) mass is 554 g/mol. The number of thiocarbonyl (C=S) groups is 1. The highest BCUT2D eigenvalue weighted by Gasteiger charge is 2.10. The van der Waals surface area contributed by atoms with Gasteiger partial charge in [-0.2, -0.15) is 0 Å². The smallest absolute Gasteiger partial charge is 0.257 e. The minimum atomic E-state index is -0.286. The number of rotatable bonds is 2. The zero-order chi connectivity index (χ0) is 16.3. The number of hydrogen-bond donors (Lipinski definition) is 3. The molecule has 2 aromatic carbocycles. The van der Waals surface area contributed by atoms with Gasteiger partial charge in [0.05, 0.1) is 8.95 Å². The van der Waals surface area contributed by atoms with Crippen molar-refractivity contribution in [2.75, 3.05) is 5.32 Å². The van der Waals surface area contributed by atoms with Crippen LogP contribution in [-0.2, 0) is 0 Å². The van der Waals surface area contributed by atoms with Crippen LogP contribution in [0.15, 0.2) is 45.3 Å². The first-order valence-corrected chi connectivity index (χ1v) is 9.00. The number of nitrogens with one attached hydrogen (secondary N) is 2. The first kappa shape index (κ1) is 17.6. The van der Waals surface area contributed by atoms with Gasteiger partial charge < -0.3 is 10.4 Å². The molecular formula is C14H9Br2IN2O2S. The van der Waals surface area contributed by atoms with Crippen LogP contribution in [0.3, 0.4) is 0 Å². The van der Waals surface area contributed by atoms with Gasteiger partial charge in [0.15, 0.2) is 5.11 Å². The number of anilines is 1. The van der Waals surface area contributed by atoms with Crippen LogP contribution in [0.1, 0.15) is 10.4 Å². The summed E-state index contributed by atoms with van der Waals surface area (Å²) in [6.45, 7) is 0. The Kier molecular flexibility index (Phi) is 6.18. The number of halogens is 3. The van der Waals surface area contributed by atoms with Crippen LogP contribution in [0, 0.1) is 3.57 Å². The second-order valence-corrected chi connectivity index (χ2v) is 7.57. The van der Waals surface area contributed by atoms with Crippen molar-refractivity contribution in [3.05, 3.63) is 54.5 Å². The molecule has 3 N–H and O–H groups in total. The van der Waals surface area contributed by atoms with E-state index in [0.29, 0.717) is 20.2 Å². The highest BCUT2D eigenvalue weighted by molar-refractivity contribution is 14.1. The lowest BCUT2D eigenvalue weighted by molar-refractivity contribution is 0.0977. The summed E-state index contributed by atoms with van der Waals surface area (Å²) in [4.78, 5) is 12.0. The molecule has 0 unspecified atom stereocenters. The first-order valence-electron chi connectivity index (χ1n) is 5.92. The third-order valence-corrected chi connectivity index (χ3v) is 4.74. The first-order chi connectivity index (χ1) is 10.4. The van der Waals surface area contributed by atoms with E-state index < -0.39 is 0 Å². The number of phenols is 1. The summed E-state index contributed by atoms with van der Waals surface area (Å²) in [7, 11) is 0. The lowest BCUT2D eigenvalue weighted by Gasteiger charge is -2.11. The predicted octanol–water partition coefficient (Wildman–Crippen LogP) is 4.65. The van der Waals surface area contributed by atoms with Crippen molar-refractivity contribution >= 4 is 83.4 Å². The lowest BCUT2D eigenvalue weighted by Crippen LogP contribution is -2.34. The molecule has 0 radical (unpaired) electrons. The molecular weight excluding hydrogens is 547 g/mol. The van der Waals surface area contributed by atoms with E-state index in [0.717, 1.165) is 3.57 Å². The largest absolute Gasteiger partial charge is 0.506 e. The van der Waals surface area contributed by atoms with Gasteiger partial charge in [-0.15, -0.1) is 0 Å². The summed E-state index contributed by atoms with van der Waals surface area (Å²) in [5.41, 5.74) is 1.15. The SMILES string of the molecule is O=C(NC(=S)Nc1cc(Br)c(O)c(Br)c1)c1ccc(I)cc1. The van der Waals surface area contributed by atoms with Gasteiger partial charge in [0.1, 0.15) is 5.75 Å². The molecule has 0 aliphatic heterocycles. The zero-order valence-electron chi connectivity index (χ0n) is 10.9. The maximum absolute atomic E-state index is 12.0. The molecule has 4 nitrogen and oxygen atoms in total. The fourth-order valence-electron chi connectivity index (χ4n) is 1.58. The molecule has 0 aliphatic rings. The molecule has 0 spiro atoms. The van der Waals surface area contributed by atoms with Crippen molar-refractivity contribution in [1.29, 1.82) is 0 Å². The Morgan fingerprint density at radius 3 is 2.23 bits per heavy atom. The van der Waals surface area contributed by atoms with Crippen molar-refractivity contribution in [3.8, 4) is 5.75 Å². The number of aromatic hydroxyl groups is 1. The topological polar surface area (TPSA) is 61.4 Å². The van der Waals surface area contributed by atoms with Gasteiger partial charge in [0.25, 0.3) is 5.91 Å². The molecule has 2 aromatic rings. The summed E-state index contributed by atoms with van der Waals surface area (Å²) in [5, 5.41) is 15.3. The molecule has 8 heteroatoms. The van der Waals surface area contributed by atoms with E-state index in [1.165, 1.54) is 0 Å².